The summed E-state index contributed by atoms with van der Waals surface area (Å²) in [7, 11) is 0. The average molecular weight is 261 g/mol. The Balaban J connectivity index is 2.06. The van der Waals surface area contributed by atoms with E-state index < -0.39 is 0 Å². The fourth-order valence-electron chi connectivity index (χ4n) is 2.11. The lowest BCUT2D eigenvalue weighted by Gasteiger charge is -2.19. The van der Waals surface area contributed by atoms with Gasteiger partial charge in [0.25, 0.3) is 0 Å². The highest BCUT2D eigenvalue weighted by atomic mass is 16.7. The van der Waals surface area contributed by atoms with E-state index in [1.165, 1.54) is 11.1 Å². The van der Waals surface area contributed by atoms with E-state index in [-0.39, 0.29) is 6.17 Å². The molecule has 4 heteroatoms. The minimum absolute atomic E-state index is 0.00206. The van der Waals surface area contributed by atoms with Crippen molar-refractivity contribution in [2.45, 2.75) is 33.4 Å². The standard InChI is InChI=1S/C15H23N3O/c1-4-16-11-10-14-17-15(18(5-2)19-14)13-8-6-12(3)7-9-13/h6-9,15-16H,4-5,10-11H2,1-3H3/t15-/m0/s1. The van der Waals surface area contributed by atoms with Crippen molar-refractivity contribution in [1.29, 1.82) is 0 Å². The van der Waals surface area contributed by atoms with Gasteiger partial charge in [-0.3, -0.25) is 0 Å². The number of aryl methyl sites for hydroxylation is 1. The van der Waals surface area contributed by atoms with Gasteiger partial charge in [-0.25, -0.2) is 4.99 Å². The highest BCUT2D eigenvalue weighted by Gasteiger charge is 2.28. The van der Waals surface area contributed by atoms with Crippen molar-refractivity contribution in [1.82, 2.24) is 10.4 Å². The molecule has 0 bridgehead atoms. The molecule has 1 aliphatic heterocycles. The van der Waals surface area contributed by atoms with E-state index in [1.807, 2.05) is 5.06 Å². The highest BCUT2D eigenvalue weighted by molar-refractivity contribution is 5.77. The van der Waals surface area contributed by atoms with Gasteiger partial charge in [0.15, 0.2) is 6.17 Å². The molecule has 0 fully saturated rings. The number of hydrogen-bond donors (Lipinski definition) is 1. The molecule has 0 saturated carbocycles. The number of nitrogens with one attached hydrogen (secondary N) is 1. The van der Waals surface area contributed by atoms with Crippen molar-refractivity contribution in [2.75, 3.05) is 19.6 Å². The third kappa shape index (κ3) is 3.55. The van der Waals surface area contributed by atoms with Crippen LogP contribution in [0.15, 0.2) is 29.3 Å². The summed E-state index contributed by atoms with van der Waals surface area (Å²) in [6.07, 6.45) is 0.842. The number of hydrogen-bond acceptors (Lipinski definition) is 4. The minimum Gasteiger partial charge on any atom is -0.388 e. The Bertz CT molecular complexity index is 428. The van der Waals surface area contributed by atoms with E-state index in [0.29, 0.717) is 0 Å². The molecule has 1 aromatic carbocycles. The fraction of sp³-hybridized carbons (Fsp3) is 0.533. The second kappa shape index (κ2) is 6.68. The number of benzene rings is 1. The van der Waals surface area contributed by atoms with Crippen LogP contribution in [0.2, 0.25) is 0 Å². The molecular formula is C15H23N3O. The van der Waals surface area contributed by atoms with Gasteiger partial charge in [-0.15, -0.1) is 5.06 Å². The van der Waals surface area contributed by atoms with Crippen LogP contribution in [-0.2, 0) is 4.84 Å². The van der Waals surface area contributed by atoms with Gasteiger partial charge in [0.05, 0.1) is 0 Å². The lowest BCUT2D eigenvalue weighted by Crippen LogP contribution is -2.24. The SMILES string of the molecule is CCNCCC1=N[C@H](c2ccc(C)cc2)N(CC)O1. The van der Waals surface area contributed by atoms with Gasteiger partial charge in [-0.1, -0.05) is 36.8 Å². The van der Waals surface area contributed by atoms with Crippen molar-refractivity contribution in [3.63, 3.8) is 0 Å². The van der Waals surface area contributed by atoms with Crippen molar-refractivity contribution in [2.24, 2.45) is 4.99 Å². The van der Waals surface area contributed by atoms with Crippen LogP contribution in [0.3, 0.4) is 0 Å². The molecule has 1 aliphatic rings. The first kappa shape index (κ1) is 14.0. The van der Waals surface area contributed by atoms with Crippen molar-refractivity contribution < 1.29 is 4.84 Å². The van der Waals surface area contributed by atoms with Gasteiger partial charge in [-0.2, -0.15) is 0 Å². The lowest BCUT2D eigenvalue weighted by molar-refractivity contribution is -0.0815. The first-order chi connectivity index (χ1) is 9.24. The summed E-state index contributed by atoms with van der Waals surface area (Å²) in [6, 6.07) is 8.50. The van der Waals surface area contributed by atoms with E-state index in [2.05, 4.69) is 50.4 Å². The zero-order valence-electron chi connectivity index (χ0n) is 12.0. The normalized spacial score (nSPS) is 19.3. The summed E-state index contributed by atoms with van der Waals surface area (Å²) in [5, 5.41) is 5.23. The van der Waals surface area contributed by atoms with E-state index in [9.17, 15) is 0 Å². The zero-order chi connectivity index (χ0) is 13.7. The molecule has 0 aromatic heterocycles. The van der Waals surface area contributed by atoms with Crippen molar-refractivity contribution in [3.05, 3.63) is 35.4 Å². The Labute approximate surface area is 115 Å². The molecule has 1 atom stereocenters. The van der Waals surface area contributed by atoms with Crippen LogP contribution in [0.5, 0.6) is 0 Å². The zero-order valence-corrected chi connectivity index (χ0v) is 12.0. The molecule has 0 radical (unpaired) electrons. The Morgan fingerprint density at radius 2 is 2.00 bits per heavy atom. The lowest BCUT2D eigenvalue weighted by atomic mass is 10.1. The quantitative estimate of drug-likeness (QED) is 0.800. The minimum atomic E-state index is 0.00206. The monoisotopic (exact) mass is 261 g/mol. The van der Waals surface area contributed by atoms with Gasteiger partial charge < -0.3 is 10.2 Å². The number of aliphatic imine (C=N–C) groups is 1. The molecule has 1 heterocycles. The molecule has 0 unspecified atom stereocenters. The number of nitrogens with zero attached hydrogens (tertiary/aromatic N) is 2. The molecule has 0 saturated heterocycles. The smallest absolute Gasteiger partial charge is 0.213 e. The van der Waals surface area contributed by atoms with Crippen LogP contribution in [0, 0.1) is 6.92 Å². The van der Waals surface area contributed by atoms with Gasteiger partial charge in [0.2, 0.25) is 5.90 Å². The first-order valence-electron chi connectivity index (χ1n) is 7.03. The number of rotatable bonds is 6. The van der Waals surface area contributed by atoms with Crippen LogP contribution in [0.1, 0.15) is 37.6 Å². The second-order valence-electron chi connectivity index (χ2n) is 4.74. The van der Waals surface area contributed by atoms with Crippen LogP contribution in [-0.4, -0.2) is 30.6 Å². The van der Waals surface area contributed by atoms with E-state index in [4.69, 9.17) is 9.83 Å². The molecule has 1 N–H and O–H groups in total. The van der Waals surface area contributed by atoms with Gasteiger partial charge in [0, 0.05) is 19.5 Å². The molecule has 4 nitrogen and oxygen atoms in total. The van der Waals surface area contributed by atoms with Crippen LogP contribution >= 0.6 is 0 Å². The summed E-state index contributed by atoms with van der Waals surface area (Å²) in [5.41, 5.74) is 2.45. The molecule has 0 aliphatic carbocycles. The Morgan fingerprint density at radius 1 is 1.26 bits per heavy atom. The molecular weight excluding hydrogens is 238 g/mol. The largest absolute Gasteiger partial charge is 0.388 e. The topological polar surface area (TPSA) is 36.9 Å². The molecule has 104 valence electrons. The third-order valence-electron chi connectivity index (χ3n) is 3.21. The van der Waals surface area contributed by atoms with Gasteiger partial charge in [-0.05, 0) is 26.0 Å². The maximum Gasteiger partial charge on any atom is 0.213 e. The average Bonchev–Trinajstić information content (AvgIpc) is 2.83. The maximum absolute atomic E-state index is 5.80. The van der Waals surface area contributed by atoms with E-state index in [0.717, 1.165) is 32.0 Å². The molecule has 1 aromatic rings. The fourth-order valence-corrected chi connectivity index (χ4v) is 2.11. The Morgan fingerprint density at radius 3 is 2.63 bits per heavy atom. The number of hydroxylamine groups is 2. The third-order valence-corrected chi connectivity index (χ3v) is 3.21. The summed E-state index contributed by atoms with van der Waals surface area (Å²) in [5.74, 6) is 0.827. The van der Waals surface area contributed by atoms with Gasteiger partial charge >= 0.3 is 0 Å². The van der Waals surface area contributed by atoms with Gasteiger partial charge in [0.1, 0.15) is 0 Å². The van der Waals surface area contributed by atoms with Crippen molar-refractivity contribution >= 4 is 5.90 Å². The summed E-state index contributed by atoms with van der Waals surface area (Å²) >= 11 is 0. The predicted molar refractivity (Wildman–Crippen MR) is 78.0 cm³/mol. The van der Waals surface area contributed by atoms with Crippen LogP contribution in [0.25, 0.3) is 0 Å². The summed E-state index contributed by atoms with van der Waals surface area (Å²) in [4.78, 5) is 10.5. The molecule has 0 spiro atoms. The molecule has 0 amide bonds. The molecule has 2 rings (SSSR count). The summed E-state index contributed by atoms with van der Waals surface area (Å²) in [6.45, 7) is 9.00. The Hall–Kier alpha value is -1.39. The first-order valence-corrected chi connectivity index (χ1v) is 7.03. The predicted octanol–water partition coefficient (Wildman–Crippen LogP) is 2.66. The second-order valence-corrected chi connectivity index (χ2v) is 4.74. The van der Waals surface area contributed by atoms with Crippen LogP contribution in [0.4, 0.5) is 0 Å². The van der Waals surface area contributed by atoms with E-state index >= 15 is 0 Å². The van der Waals surface area contributed by atoms with Crippen molar-refractivity contribution in [3.8, 4) is 0 Å². The molecule has 19 heavy (non-hydrogen) atoms. The summed E-state index contributed by atoms with van der Waals surface area (Å²) < 4.78 is 0. The highest BCUT2D eigenvalue weighted by Crippen LogP contribution is 2.28. The Kier molecular flexibility index (Phi) is 4.93. The van der Waals surface area contributed by atoms with Crippen LogP contribution < -0.4 is 5.32 Å². The van der Waals surface area contributed by atoms with E-state index in [1.54, 1.807) is 0 Å². The maximum atomic E-state index is 5.80.